The van der Waals surface area contributed by atoms with Crippen LogP contribution >= 0.6 is 11.6 Å². The molecule has 7 heteroatoms. The van der Waals surface area contributed by atoms with E-state index in [-0.39, 0.29) is 5.70 Å². The zero-order chi connectivity index (χ0) is 16.4. The molecule has 0 aromatic heterocycles. The first-order chi connectivity index (χ1) is 11.1. The van der Waals surface area contributed by atoms with E-state index in [1.165, 1.54) is 6.20 Å². The second kappa shape index (κ2) is 6.10. The molecule has 1 heterocycles. The number of nitrogens with zero attached hydrogens (tertiary/aromatic N) is 1. The molecule has 2 aromatic rings. The van der Waals surface area contributed by atoms with E-state index < -0.39 is 17.0 Å². The minimum Gasteiger partial charge on any atom is -0.442 e. The highest BCUT2D eigenvalue weighted by Crippen LogP contribution is 2.35. The Labute approximate surface area is 136 Å². The van der Waals surface area contributed by atoms with E-state index in [1.807, 2.05) is 0 Å². The molecule has 0 spiro atoms. The molecule has 0 fully saturated rings. The van der Waals surface area contributed by atoms with Gasteiger partial charge < -0.3 is 10.1 Å². The number of carbonyl (C=O) groups excluding carboxylic acids is 1. The predicted octanol–water partition coefficient (Wildman–Crippen LogP) is 3.78. The van der Waals surface area contributed by atoms with Gasteiger partial charge in [0.1, 0.15) is 0 Å². The minimum absolute atomic E-state index is 0.261. The van der Waals surface area contributed by atoms with E-state index in [0.717, 1.165) is 0 Å². The van der Waals surface area contributed by atoms with E-state index in [4.69, 9.17) is 16.3 Å². The zero-order valence-corrected chi connectivity index (χ0v) is 12.5. The van der Waals surface area contributed by atoms with Crippen LogP contribution in [0.2, 0.25) is 5.02 Å². The van der Waals surface area contributed by atoms with Gasteiger partial charge in [0.2, 0.25) is 6.10 Å². The molecule has 1 atom stereocenters. The maximum atomic E-state index is 11.8. The Hall–Kier alpha value is -2.86. The molecule has 0 radical (unpaired) electrons. The number of ether oxygens (including phenoxy) is 1. The molecule has 23 heavy (non-hydrogen) atoms. The molecule has 1 N–H and O–H groups in total. The largest absolute Gasteiger partial charge is 0.442 e. The molecule has 6 nitrogen and oxygen atoms in total. The summed E-state index contributed by atoms with van der Waals surface area (Å²) in [6.45, 7) is 0. The third-order valence-electron chi connectivity index (χ3n) is 3.38. The van der Waals surface area contributed by atoms with Gasteiger partial charge in [0.05, 0.1) is 16.7 Å². The van der Waals surface area contributed by atoms with E-state index in [9.17, 15) is 14.9 Å². The summed E-state index contributed by atoms with van der Waals surface area (Å²) in [5.74, 6) is -0.568. The van der Waals surface area contributed by atoms with Crippen LogP contribution in [0.15, 0.2) is 60.4 Å². The summed E-state index contributed by atoms with van der Waals surface area (Å²) >= 11 is 5.87. The van der Waals surface area contributed by atoms with Gasteiger partial charge in [-0.3, -0.25) is 10.1 Å². The predicted molar refractivity (Wildman–Crippen MR) is 84.8 cm³/mol. The maximum Gasteiger partial charge on any atom is 0.339 e. The molecule has 1 unspecified atom stereocenters. The van der Waals surface area contributed by atoms with Crippen molar-refractivity contribution in [1.29, 1.82) is 0 Å². The normalized spacial score (nSPS) is 16.7. The van der Waals surface area contributed by atoms with Crippen molar-refractivity contribution in [2.24, 2.45) is 0 Å². The fourth-order valence-electron chi connectivity index (χ4n) is 2.32. The van der Waals surface area contributed by atoms with Crippen LogP contribution in [0.3, 0.4) is 0 Å². The van der Waals surface area contributed by atoms with Gasteiger partial charge >= 0.3 is 11.7 Å². The number of nitro groups is 1. The number of esters is 1. The number of nitrogens with one attached hydrogen (secondary N) is 1. The first-order valence-electron chi connectivity index (χ1n) is 6.73. The van der Waals surface area contributed by atoms with Crippen LogP contribution in [0.4, 0.5) is 5.69 Å². The van der Waals surface area contributed by atoms with Gasteiger partial charge in [-0.2, -0.15) is 0 Å². The number of carbonyl (C=O) groups is 1. The quantitative estimate of drug-likeness (QED) is 0.524. The molecular weight excluding hydrogens is 320 g/mol. The highest BCUT2D eigenvalue weighted by Gasteiger charge is 2.39. The molecule has 3 rings (SSSR count). The van der Waals surface area contributed by atoms with E-state index >= 15 is 0 Å². The van der Waals surface area contributed by atoms with Crippen molar-refractivity contribution >= 4 is 23.3 Å². The lowest BCUT2D eigenvalue weighted by Crippen LogP contribution is -2.12. The molecule has 0 saturated carbocycles. The Kier molecular flexibility index (Phi) is 3.99. The fraction of sp³-hybridized carbons (Fsp3) is 0.0625. The Balaban J connectivity index is 1.93. The number of hydrogen-bond acceptors (Lipinski definition) is 5. The summed E-state index contributed by atoms with van der Waals surface area (Å²) < 4.78 is 5.15. The summed E-state index contributed by atoms with van der Waals surface area (Å²) in [5.41, 5.74) is 1.15. The minimum atomic E-state index is -1.04. The third kappa shape index (κ3) is 3.02. The van der Waals surface area contributed by atoms with Gasteiger partial charge in [-0.1, -0.05) is 35.9 Å². The molecular formula is C16H11ClN2O4. The lowest BCUT2D eigenvalue weighted by Gasteiger charge is -2.09. The monoisotopic (exact) mass is 330 g/mol. The number of fused-ring (bicyclic) bond motifs is 1. The average Bonchev–Trinajstić information content (AvgIpc) is 2.85. The van der Waals surface area contributed by atoms with Crippen molar-refractivity contribution in [3.63, 3.8) is 0 Å². The maximum absolute atomic E-state index is 11.8. The van der Waals surface area contributed by atoms with Crippen LogP contribution in [-0.4, -0.2) is 10.9 Å². The van der Waals surface area contributed by atoms with E-state index in [1.54, 1.807) is 48.5 Å². The Morgan fingerprint density at radius 3 is 2.78 bits per heavy atom. The summed E-state index contributed by atoms with van der Waals surface area (Å²) in [4.78, 5) is 22.6. The van der Waals surface area contributed by atoms with Crippen LogP contribution in [0.25, 0.3) is 0 Å². The number of cyclic esters (lactones) is 1. The van der Waals surface area contributed by atoms with Gasteiger partial charge in [-0.05, 0) is 24.3 Å². The van der Waals surface area contributed by atoms with E-state index in [2.05, 4.69) is 5.32 Å². The first-order valence-corrected chi connectivity index (χ1v) is 7.10. The molecule has 1 aliphatic heterocycles. The van der Waals surface area contributed by atoms with Crippen molar-refractivity contribution in [2.75, 3.05) is 5.32 Å². The molecule has 0 amide bonds. The van der Waals surface area contributed by atoms with Crippen LogP contribution in [0.1, 0.15) is 22.0 Å². The first kappa shape index (κ1) is 15.1. The molecule has 1 aliphatic rings. The van der Waals surface area contributed by atoms with Gasteiger partial charge in [0.25, 0.3) is 0 Å². The van der Waals surface area contributed by atoms with Crippen molar-refractivity contribution in [3.8, 4) is 0 Å². The average molecular weight is 331 g/mol. The Morgan fingerprint density at radius 1 is 1.26 bits per heavy atom. The van der Waals surface area contributed by atoms with Gasteiger partial charge in [-0.25, -0.2) is 4.79 Å². The van der Waals surface area contributed by atoms with Crippen molar-refractivity contribution < 1.29 is 14.5 Å². The summed E-state index contributed by atoms with van der Waals surface area (Å²) in [5, 5.41) is 14.7. The zero-order valence-electron chi connectivity index (χ0n) is 11.7. The van der Waals surface area contributed by atoms with Gasteiger partial charge in [-0.15, -0.1) is 0 Å². The molecule has 2 aromatic carbocycles. The smallest absolute Gasteiger partial charge is 0.339 e. The second-order valence-electron chi connectivity index (χ2n) is 4.85. The molecule has 0 aliphatic carbocycles. The van der Waals surface area contributed by atoms with E-state index in [0.29, 0.717) is 21.8 Å². The molecule has 116 valence electrons. The van der Waals surface area contributed by atoms with Crippen LogP contribution in [-0.2, 0) is 4.74 Å². The highest BCUT2D eigenvalue weighted by atomic mass is 35.5. The number of halogens is 1. The highest BCUT2D eigenvalue weighted by molar-refractivity contribution is 6.30. The lowest BCUT2D eigenvalue weighted by molar-refractivity contribution is -0.436. The topological polar surface area (TPSA) is 81.5 Å². The van der Waals surface area contributed by atoms with Crippen LogP contribution in [0.5, 0.6) is 0 Å². The van der Waals surface area contributed by atoms with Crippen molar-refractivity contribution in [1.82, 2.24) is 0 Å². The summed E-state index contributed by atoms with van der Waals surface area (Å²) in [6, 6.07) is 13.4. The lowest BCUT2D eigenvalue weighted by atomic mass is 10.0. The second-order valence-corrected chi connectivity index (χ2v) is 5.29. The number of benzene rings is 2. The van der Waals surface area contributed by atoms with Crippen molar-refractivity contribution in [2.45, 2.75) is 6.10 Å². The Bertz CT molecular complexity index is 819. The fourth-order valence-corrected chi connectivity index (χ4v) is 2.52. The standard InChI is InChI=1S/C16H11ClN2O4/c17-10-4-3-5-11(8-10)18-9-14(19(21)22)15-12-6-1-2-7-13(12)16(20)23-15/h1-9,15,18H/b14-9-. The van der Waals surface area contributed by atoms with Crippen LogP contribution in [0, 0.1) is 10.1 Å². The SMILES string of the molecule is O=C1OC(/C(=C/Nc2cccc(Cl)c2)[N+](=O)[O-])c2ccccc21. The summed E-state index contributed by atoms with van der Waals surface area (Å²) in [7, 11) is 0. The Morgan fingerprint density at radius 2 is 2.04 bits per heavy atom. The number of hydrogen-bond donors (Lipinski definition) is 1. The number of rotatable bonds is 4. The molecule has 0 bridgehead atoms. The third-order valence-corrected chi connectivity index (χ3v) is 3.61. The number of anilines is 1. The summed E-state index contributed by atoms with van der Waals surface area (Å²) in [6.07, 6.45) is 0.173. The molecule has 0 saturated heterocycles. The van der Waals surface area contributed by atoms with Gasteiger partial charge in [0, 0.05) is 16.3 Å². The van der Waals surface area contributed by atoms with Crippen LogP contribution < -0.4 is 5.32 Å². The van der Waals surface area contributed by atoms with Crippen molar-refractivity contribution in [3.05, 3.63) is 86.7 Å². The van der Waals surface area contributed by atoms with Gasteiger partial charge in [0.15, 0.2) is 0 Å².